The normalized spacial score (nSPS) is 18.3. The Morgan fingerprint density at radius 1 is 1.21 bits per heavy atom. The van der Waals surface area contributed by atoms with Gasteiger partial charge in [0.05, 0.1) is 6.04 Å². The number of hydrogen-bond donors (Lipinski definition) is 1. The predicted molar refractivity (Wildman–Crippen MR) is 102 cm³/mol. The van der Waals surface area contributed by atoms with Crippen LogP contribution in [0.15, 0.2) is 30.3 Å². The van der Waals surface area contributed by atoms with Gasteiger partial charge in [-0.1, -0.05) is 30.5 Å². The number of urea groups is 1. The van der Waals surface area contributed by atoms with E-state index in [9.17, 15) is 4.79 Å². The van der Waals surface area contributed by atoms with Gasteiger partial charge >= 0.3 is 6.03 Å². The highest BCUT2D eigenvalue weighted by Gasteiger charge is 2.27. The lowest BCUT2D eigenvalue weighted by Crippen LogP contribution is -2.37. The maximum Gasteiger partial charge on any atom is 0.322 e. The molecular formula is C19H23ClN2OS. The van der Waals surface area contributed by atoms with Gasteiger partial charge < -0.3 is 10.2 Å². The number of benzene rings is 1. The Kier molecular flexibility index (Phi) is 5.47. The summed E-state index contributed by atoms with van der Waals surface area (Å²) in [6, 6.07) is 10.1. The summed E-state index contributed by atoms with van der Waals surface area (Å²) in [6.45, 7) is 4.87. The van der Waals surface area contributed by atoms with E-state index in [1.165, 1.54) is 22.6 Å². The van der Waals surface area contributed by atoms with Crippen molar-refractivity contribution in [3.05, 3.63) is 50.7 Å². The highest BCUT2D eigenvalue weighted by molar-refractivity contribution is 7.12. The molecule has 0 unspecified atom stereocenters. The summed E-state index contributed by atoms with van der Waals surface area (Å²) in [6.07, 6.45) is 4.44. The summed E-state index contributed by atoms with van der Waals surface area (Å²) >= 11 is 7.97. The summed E-state index contributed by atoms with van der Waals surface area (Å²) in [5.41, 5.74) is 1.76. The van der Waals surface area contributed by atoms with Gasteiger partial charge in [0, 0.05) is 27.0 Å². The quantitative estimate of drug-likeness (QED) is 0.680. The van der Waals surface area contributed by atoms with Crippen molar-refractivity contribution in [2.24, 2.45) is 0 Å². The molecule has 1 aromatic heterocycles. The van der Waals surface area contributed by atoms with Crippen LogP contribution < -0.4 is 5.32 Å². The summed E-state index contributed by atoms with van der Waals surface area (Å²) in [5, 5.41) is 3.70. The zero-order chi connectivity index (χ0) is 17.1. The van der Waals surface area contributed by atoms with Crippen molar-refractivity contribution in [2.45, 2.75) is 45.6 Å². The average Bonchev–Trinajstić information content (AvgIpc) is 2.83. The Morgan fingerprint density at radius 3 is 2.75 bits per heavy atom. The molecule has 0 bridgehead atoms. The molecule has 0 saturated carbocycles. The summed E-state index contributed by atoms with van der Waals surface area (Å²) in [7, 11) is 0. The monoisotopic (exact) mass is 362 g/mol. The standard InChI is InChI=1S/C19H23ClN2OS/c1-13-7-9-15(12-16(13)20)21-19(23)22-11-5-3-4-6-17(22)18-10-8-14(2)24-18/h7-10,12,17H,3-6,11H2,1-2H3,(H,21,23)/t17-/m0/s1. The van der Waals surface area contributed by atoms with Crippen LogP contribution >= 0.6 is 22.9 Å². The number of amides is 2. The number of aryl methyl sites for hydroxylation is 2. The lowest BCUT2D eigenvalue weighted by atomic mass is 10.1. The molecule has 24 heavy (non-hydrogen) atoms. The van der Waals surface area contributed by atoms with Gasteiger partial charge in [-0.3, -0.25) is 0 Å². The SMILES string of the molecule is Cc1ccc([C@@H]2CCCCCN2C(=O)Nc2ccc(C)c(Cl)c2)s1. The van der Waals surface area contributed by atoms with Crippen LogP contribution in [0.1, 0.15) is 47.0 Å². The number of nitrogens with zero attached hydrogens (tertiary/aromatic N) is 1. The molecule has 1 atom stereocenters. The van der Waals surface area contributed by atoms with Crippen LogP contribution in [0.3, 0.4) is 0 Å². The van der Waals surface area contributed by atoms with E-state index in [1.54, 1.807) is 11.3 Å². The first kappa shape index (κ1) is 17.3. The first-order valence-corrected chi connectivity index (χ1v) is 9.64. The minimum atomic E-state index is -0.0344. The van der Waals surface area contributed by atoms with Crippen LogP contribution in [0.25, 0.3) is 0 Å². The molecule has 1 aromatic carbocycles. The van der Waals surface area contributed by atoms with E-state index in [1.807, 2.05) is 30.0 Å². The lowest BCUT2D eigenvalue weighted by molar-refractivity contribution is 0.190. The number of thiophene rings is 1. The zero-order valence-electron chi connectivity index (χ0n) is 14.1. The maximum atomic E-state index is 12.9. The van der Waals surface area contributed by atoms with E-state index < -0.39 is 0 Å². The summed E-state index contributed by atoms with van der Waals surface area (Å²) < 4.78 is 0. The third-order valence-electron chi connectivity index (χ3n) is 4.53. The second-order valence-corrected chi connectivity index (χ2v) is 8.13. The highest BCUT2D eigenvalue weighted by Crippen LogP contribution is 2.34. The van der Waals surface area contributed by atoms with Crippen molar-refractivity contribution < 1.29 is 4.79 Å². The molecule has 3 rings (SSSR count). The molecule has 1 fully saturated rings. The van der Waals surface area contributed by atoms with Crippen molar-refractivity contribution in [1.29, 1.82) is 0 Å². The molecular weight excluding hydrogens is 340 g/mol. The number of nitrogens with one attached hydrogen (secondary N) is 1. The van der Waals surface area contributed by atoms with Crippen molar-refractivity contribution in [3.63, 3.8) is 0 Å². The molecule has 1 N–H and O–H groups in total. The van der Waals surface area contributed by atoms with Crippen molar-refractivity contribution in [3.8, 4) is 0 Å². The fourth-order valence-electron chi connectivity index (χ4n) is 3.15. The van der Waals surface area contributed by atoms with E-state index in [0.29, 0.717) is 5.02 Å². The van der Waals surface area contributed by atoms with E-state index >= 15 is 0 Å². The van der Waals surface area contributed by atoms with E-state index in [-0.39, 0.29) is 12.1 Å². The summed E-state index contributed by atoms with van der Waals surface area (Å²) in [4.78, 5) is 17.5. The average molecular weight is 363 g/mol. The molecule has 0 aliphatic carbocycles. The molecule has 3 nitrogen and oxygen atoms in total. The number of hydrogen-bond acceptors (Lipinski definition) is 2. The third kappa shape index (κ3) is 3.93. The number of anilines is 1. The van der Waals surface area contributed by atoms with E-state index in [4.69, 9.17) is 11.6 Å². The van der Waals surface area contributed by atoms with Crippen molar-refractivity contribution in [1.82, 2.24) is 4.90 Å². The van der Waals surface area contributed by atoms with Gasteiger partial charge in [0.2, 0.25) is 0 Å². The first-order valence-electron chi connectivity index (χ1n) is 8.45. The topological polar surface area (TPSA) is 32.3 Å². The molecule has 1 saturated heterocycles. The first-order chi connectivity index (χ1) is 11.5. The molecule has 1 aliphatic heterocycles. The smallest absolute Gasteiger partial charge is 0.317 e. The van der Waals surface area contributed by atoms with E-state index in [2.05, 4.69) is 24.4 Å². The Bertz CT molecular complexity index is 728. The number of carbonyl (C=O) groups excluding carboxylic acids is 1. The molecule has 5 heteroatoms. The van der Waals surface area contributed by atoms with Gasteiger partial charge in [0.25, 0.3) is 0 Å². The van der Waals surface area contributed by atoms with Gasteiger partial charge in [-0.15, -0.1) is 11.3 Å². The molecule has 0 radical (unpaired) electrons. The van der Waals surface area contributed by atoms with Crippen LogP contribution in [0, 0.1) is 13.8 Å². The Morgan fingerprint density at radius 2 is 2.04 bits per heavy atom. The van der Waals surface area contributed by atoms with Gasteiger partial charge in [0.15, 0.2) is 0 Å². The predicted octanol–water partition coefficient (Wildman–Crippen LogP) is 6.17. The Labute approximate surface area is 152 Å². The third-order valence-corrected chi connectivity index (χ3v) is 6.04. The van der Waals surface area contributed by atoms with Crippen LogP contribution in [0.2, 0.25) is 5.02 Å². The van der Waals surface area contributed by atoms with Gasteiger partial charge in [-0.2, -0.15) is 0 Å². The molecule has 2 amide bonds. The van der Waals surface area contributed by atoms with Crippen LogP contribution in [0.5, 0.6) is 0 Å². The van der Waals surface area contributed by atoms with Crippen LogP contribution in [-0.4, -0.2) is 17.5 Å². The molecule has 128 valence electrons. The summed E-state index contributed by atoms with van der Waals surface area (Å²) in [5.74, 6) is 0. The fourth-order valence-corrected chi connectivity index (χ4v) is 4.35. The van der Waals surface area contributed by atoms with Crippen LogP contribution in [0.4, 0.5) is 10.5 Å². The fraction of sp³-hybridized carbons (Fsp3) is 0.421. The van der Waals surface area contributed by atoms with Gasteiger partial charge in [-0.25, -0.2) is 4.79 Å². The lowest BCUT2D eigenvalue weighted by Gasteiger charge is -2.29. The van der Waals surface area contributed by atoms with Crippen LogP contribution in [-0.2, 0) is 0 Å². The maximum absolute atomic E-state index is 12.9. The molecule has 2 aromatic rings. The number of rotatable bonds is 2. The van der Waals surface area contributed by atoms with Crippen molar-refractivity contribution in [2.75, 3.05) is 11.9 Å². The Balaban J connectivity index is 1.80. The second kappa shape index (κ2) is 7.58. The van der Waals surface area contributed by atoms with Crippen molar-refractivity contribution >= 4 is 34.7 Å². The number of halogens is 1. The molecule has 0 spiro atoms. The highest BCUT2D eigenvalue weighted by atomic mass is 35.5. The molecule has 2 heterocycles. The molecule has 1 aliphatic rings. The van der Waals surface area contributed by atoms with Gasteiger partial charge in [0.1, 0.15) is 0 Å². The van der Waals surface area contributed by atoms with E-state index in [0.717, 1.165) is 30.6 Å². The minimum absolute atomic E-state index is 0.0344. The number of carbonyl (C=O) groups is 1. The largest absolute Gasteiger partial charge is 0.322 e. The minimum Gasteiger partial charge on any atom is -0.317 e. The van der Waals surface area contributed by atoms with Gasteiger partial charge in [-0.05, 0) is 56.5 Å². The number of likely N-dealkylation sites (tertiary alicyclic amines) is 1. The zero-order valence-corrected chi connectivity index (χ0v) is 15.7. The second-order valence-electron chi connectivity index (χ2n) is 6.40. The Hall–Kier alpha value is -1.52.